The molecule has 2 aliphatic rings. The fourth-order valence-electron chi connectivity index (χ4n) is 2.72. The van der Waals surface area contributed by atoms with E-state index < -0.39 is 0 Å². The fourth-order valence-corrected chi connectivity index (χ4v) is 2.72. The van der Waals surface area contributed by atoms with Crippen LogP contribution in [0.4, 0.5) is 0 Å². The van der Waals surface area contributed by atoms with Crippen molar-refractivity contribution in [3.05, 3.63) is 0 Å². The molecule has 0 aromatic rings. The maximum Gasteiger partial charge on any atom is 0.227 e. The molecule has 2 saturated heterocycles. The molecule has 3 unspecified atom stereocenters. The van der Waals surface area contributed by atoms with Gasteiger partial charge >= 0.3 is 0 Å². The molecule has 2 heterocycles. The Balaban J connectivity index is 1.94. The number of amides is 2. The first-order valence-corrected chi connectivity index (χ1v) is 6.43. The number of nitrogens with zero attached hydrogens (tertiary/aromatic N) is 1. The molecule has 96 valence electrons. The van der Waals surface area contributed by atoms with E-state index in [2.05, 4.69) is 12.2 Å². The lowest BCUT2D eigenvalue weighted by Crippen LogP contribution is -2.50. The third kappa shape index (κ3) is 2.60. The van der Waals surface area contributed by atoms with Crippen molar-refractivity contribution in [3.63, 3.8) is 0 Å². The minimum absolute atomic E-state index is 0.0101. The van der Waals surface area contributed by atoms with Gasteiger partial charge in [-0.25, -0.2) is 0 Å². The van der Waals surface area contributed by atoms with Crippen LogP contribution in [-0.2, 0) is 9.59 Å². The molecule has 3 atom stereocenters. The summed E-state index contributed by atoms with van der Waals surface area (Å²) in [5.74, 6) is 0.352. The highest BCUT2D eigenvalue weighted by Gasteiger charge is 2.34. The van der Waals surface area contributed by atoms with Gasteiger partial charge in [-0.2, -0.15) is 0 Å². The predicted molar refractivity (Wildman–Crippen MR) is 64.1 cm³/mol. The van der Waals surface area contributed by atoms with Gasteiger partial charge in [0.25, 0.3) is 0 Å². The standard InChI is InChI=1S/C12H21N3O2/c1-2-8-7-15(4-3-10(8)13)12(17)9-5-11(16)14-6-9/h8-10H,2-7,13H2,1H3,(H,14,16). The number of hydrogen-bond acceptors (Lipinski definition) is 3. The summed E-state index contributed by atoms with van der Waals surface area (Å²) >= 11 is 0. The zero-order valence-electron chi connectivity index (χ0n) is 10.3. The van der Waals surface area contributed by atoms with E-state index in [1.807, 2.05) is 4.90 Å². The first-order chi connectivity index (χ1) is 8.11. The molecule has 0 aromatic heterocycles. The van der Waals surface area contributed by atoms with Crippen LogP contribution in [0.5, 0.6) is 0 Å². The highest BCUT2D eigenvalue weighted by Crippen LogP contribution is 2.22. The Morgan fingerprint density at radius 3 is 2.94 bits per heavy atom. The summed E-state index contributed by atoms with van der Waals surface area (Å²) in [4.78, 5) is 25.2. The van der Waals surface area contributed by atoms with Crippen molar-refractivity contribution < 1.29 is 9.59 Å². The minimum atomic E-state index is -0.158. The number of likely N-dealkylation sites (tertiary alicyclic amines) is 1. The maximum absolute atomic E-state index is 12.2. The second-order valence-electron chi connectivity index (χ2n) is 5.11. The first-order valence-electron chi connectivity index (χ1n) is 6.43. The van der Waals surface area contributed by atoms with Gasteiger partial charge in [0.05, 0.1) is 5.92 Å². The predicted octanol–water partition coefficient (Wildman–Crippen LogP) is -0.292. The van der Waals surface area contributed by atoms with Gasteiger partial charge < -0.3 is 16.0 Å². The Bertz CT molecular complexity index is 319. The van der Waals surface area contributed by atoms with E-state index >= 15 is 0 Å². The first kappa shape index (κ1) is 12.4. The molecule has 0 radical (unpaired) electrons. The number of piperidine rings is 1. The fraction of sp³-hybridized carbons (Fsp3) is 0.833. The second-order valence-corrected chi connectivity index (χ2v) is 5.11. The van der Waals surface area contributed by atoms with Crippen LogP contribution in [0.15, 0.2) is 0 Å². The number of hydrogen-bond donors (Lipinski definition) is 2. The molecule has 17 heavy (non-hydrogen) atoms. The van der Waals surface area contributed by atoms with Crippen molar-refractivity contribution in [1.82, 2.24) is 10.2 Å². The number of nitrogens with one attached hydrogen (secondary N) is 1. The smallest absolute Gasteiger partial charge is 0.227 e. The molecule has 0 spiro atoms. The van der Waals surface area contributed by atoms with Gasteiger partial charge in [-0.3, -0.25) is 9.59 Å². The molecule has 0 aromatic carbocycles. The molecular weight excluding hydrogens is 218 g/mol. The quantitative estimate of drug-likeness (QED) is 0.695. The topological polar surface area (TPSA) is 75.4 Å². The van der Waals surface area contributed by atoms with Gasteiger partial charge in [-0.1, -0.05) is 13.3 Å². The van der Waals surface area contributed by atoms with E-state index in [-0.39, 0.29) is 23.8 Å². The van der Waals surface area contributed by atoms with E-state index in [1.54, 1.807) is 0 Å². The Morgan fingerprint density at radius 2 is 2.35 bits per heavy atom. The van der Waals surface area contributed by atoms with Crippen LogP contribution in [0.1, 0.15) is 26.2 Å². The Hall–Kier alpha value is -1.10. The van der Waals surface area contributed by atoms with Gasteiger partial charge in [0.1, 0.15) is 0 Å². The Kier molecular flexibility index (Phi) is 3.66. The number of nitrogens with two attached hydrogens (primary N) is 1. The summed E-state index contributed by atoms with van der Waals surface area (Å²) in [5.41, 5.74) is 6.02. The summed E-state index contributed by atoms with van der Waals surface area (Å²) in [6.45, 7) is 4.10. The summed E-state index contributed by atoms with van der Waals surface area (Å²) in [5, 5.41) is 2.71. The molecule has 2 amide bonds. The maximum atomic E-state index is 12.2. The van der Waals surface area contributed by atoms with Crippen LogP contribution in [0.25, 0.3) is 0 Å². The third-order valence-electron chi connectivity index (χ3n) is 3.96. The van der Waals surface area contributed by atoms with Crippen molar-refractivity contribution in [3.8, 4) is 0 Å². The molecule has 0 saturated carbocycles. The van der Waals surface area contributed by atoms with Crippen LogP contribution >= 0.6 is 0 Å². The van der Waals surface area contributed by atoms with Crippen molar-refractivity contribution in [2.24, 2.45) is 17.6 Å². The molecule has 0 aliphatic carbocycles. The average Bonchev–Trinajstić information content (AvgIpc) is 2.75. The molecule has 0 bridgehead atoms. The van der Waals surface area contributed by atoms with Crippen molar-refractivity contribution in [2.45, 2.75) is 32.2 Å². The lowest BCUT2D eigenvalue weighted by molar-refractivity contribution is -0.137. The second kappa shape index (κ2) is 5.04. The van der Waals surface area contributed by atoms with Crippen LogP contribution in [0.2, 0.25) is 0 Å². The summed E-state index contributed by atoms with van der Waals surface area (Å²) in [7, 11) is 0. The normalized spacial score (nSPS) is 33.6. The summed E-state index contributed by atoms with van der Waals surface area (Å²) in [6, 6.07) is 0.215. The monoisotopic (exact) mass is 239 g/mol. The van der Waals surface area contributed by atoms with Crippen LogP contribution in [0, 0.1) is 11.8 Å². The molecule has 3 N–H and O–H groups in total. The number of carbonyl (C=O) groups excluding carboxylic acids is 2. The van der Waals surface area contributed by atoms with Crippen LogP contribution < -0.4 is 11.1 Å². The van der Waals surface area contributed by atoms with Crippen molar-refractivity contribution in [1.29, 1.82) is 0 Å². The lowest BCUT2D eigenvalue weighted by atomic mass is 9.90. The van der Waals surface area contributed by atoms with Gasteiger partial charge in [-0.15, -0.1) is 0 Å². The van der Waals surface area contributed by atoms with Gasteiger partial charge in [0, 0.05) is 32.1 Å². The number of carbonyl (C=O) groups is 2. The summed E-state index contributed by atoms with van der Waals surface area (Å²) in [6.07, 6.45) is 2.23. The average molecular weight is 239 g/mol. The van der Waals surface area contributed by atoms with Crippen LogP contribution in [0.3, 0.4) is 0 Å². The summed E-state index contributed by atoms with van der Waals surface area (Å²) < 4.78 is 0. The van der Waals surface area contributed by atoms with Gasteiger partial charge in [-0.05, 0) is 12.3 Å². The van der Waals surface area contributed by atoms with E-state index in [4.69, 9.17) is 5.73 Å². The third-order valence-corrected chi connectivity index (χ3v) is 3.96. The van der Waals surface area contributed by atoms with Crippen molar-refractivity contribution >= 4 is 11.8 Å². The molecule has 2 fully saturated rings. The van der Waals surface area contributed by atoms with E-state index in [1.165, 1.54) is 0 Å². The highest BCUT2D eigenvalue weighted by molar-refractivity contribution is 5.89. The van der Waals surface area contributed by atoms with Gasteiger partial charge in [0.2, 0.25) is 11.8 Å². The van der Waals surface area contributed by atoms with E-state index in [9.17, 15) is 9.59 Å². The van der Waals surface area contributed by atoms with E-state index in [0.29, 0.717) is 18.9 Å². The zero-order valence-corrected chi connectivity index (χ0v) is 10.3. The van der Waals surface area contributed by atoms with Gasteiger partial charge in [0.15, 0.2) is 0 Å². The molecule has 2 aliphatic heterocycles. The largest absolute Gasteiger partial charge is 0.355 e. The molecule has 2 rings (SSSR count). The molecule has 5 nitrogen and oxygen atoms in total. The Morgan fingerprint density at radius 1 is 1.59 bits per heavy atom. The highest BCUT2D eigenvalue weighted by atomic mass is 16.2. The molecule has 5 heteroatoms. The SMILES string of the molecule is CCC1CN(C(=O)C2CNC(=O)C2)CCC1N. The zero-order chi connectivity index (χ0) is 12.4. The van der Waals surface area contributed by atoms with Crippen LogP contribution in [-0.4, -0.2) is 42.4 Å². The lowest BCUT2D eigenvalue weighted by Gasteiger charge is -2.37. The number of rotatable bonds is 2. The Labute approximate surface area is 102 Å². The van der Waals surface area contributed by atoms with Crippen molar-refractivity contribution in [2.75, 3.05) is 19.6 Å². The minimum Gasteiger partial charge on any atom is -0.355 e. The van der Waals surface area contributed by atoms with E-state index in [0.717, 1.165) is 25.9 Å². The molecular formula is C12H21N3O2.